The number of benzene rings is 3. The number of amides is 1. The molecule has 1 amide bonds. The van der Waals surface area contributed by atoms with Crippen molar-refractivity contribution in [3.05, 3.63) is 107 Å². The molecular formula is C28H20N2O5. The van der Waals surface area contributed by atoms with Gasteiger partial charge in [-0.25, -0.2) is 0 Å². The molecule has 0 fully saturated rings. The van der Waals surface area contributed by atoms with Crippen LogP contribution in [-0.2, 0) is 4.79 Å². The molecule has 172 valence electrons. The van der Waals surface area contributed by atoms with Crippen molar-refractivity contribution >= 4 is 28.3 Å². The average molecular weight is 464 g/mol. The van der Waals surface area contributed by atoms with Gasteiger partial charge in [0, 0.05) is 11.1 Å². The number of aryl methyl sites for hydroxylation is 1. The number of Topliss-reactive ketones (excluding diaryl/α,β-unsaturated/α-hetero) is 1. The number of aliphatic hydroxyl groups is 1. The van der Waals surface area contributed by atoms with Crippen LogP contribution in [0.25, 0.3) is 11.0 Å². The van der Waals surface area contributed by atoms with Crippen LogP contribution >= 0.6 is 0 Å². The summed E-state index contributed by atoms with van der Waals surface area (Å²) >= 11 is 0. The van der Waals surface area contributed by atoms with Crippen molar-refractivity contribution in [1.29, 1.82) is 5.26 Å². The molecule has 0 saturated carbocycles. The van der Waals surface area contributed by atoms with Crippen LogP contribution in [0.4, 0.5) is 5.69 Å². The minimum absolute atomic E-state index is 0.0147. The number of anilines is 1. The lowest BCUT2D eigenvalue weighted by molar-refractivity contribution is -0.117. The van der Waals surface area contributed by atoms with E-state index in [2.05, 4.69) is 0 Å². The zero-order chi connectivity index (χ0) is 24.7. The summed E-state index contributed by atoms with van der Waals surface area (Å²) in [5.74, 6) is -1.49. The van der Waals surface area contributed by atoms with Crippen molar-refractivity contribution in [3.8, 4) is 11.8 Å². The molecule has 1 aliphatic rings. The summed E-state index contributed by atoms with van der Waals surface area (Å²) in [6.07, 6.45) is 0. The van der Waals surface area contributed by atoms with Crippen LogP contribution in [0.5, 0.6) is 5.75 Å². The molecule has 1 unspecified atom stereocenters. The largest absolute Gasteiger partial charge is 0.503 e. The minimum Gasteiger partial charge on any atom is -0.503 e. The first-order chi connectivity index (χ1) is 16.9. The number of para-hydroxylation sites is 1. The van der Waals surface area contributed by atoms with Gasteiger partial charge in [0.2, 0.25) is 5.78 Å². The number of nitrogens with zero attached hydrogens (tertiary/aromatic N) is 2. The molecule has 3 aromatic carbocycles. The van der Waals surface area contributed by atoms with E-state index >= 15 is 0 Å². The van der Waals surface area contributed by atoms with E-state index in [1.54, 1.807) is 48.5 Å². The summed E-state index contributed by atoms with van der Waals surface area (Å²) in [5, 5.41) is 20.8. The van der Waals surface area contributed by atoms with Crippen LogP contribution in [0.1, 0.15) is 33.3 Å². The van der Waals surface area contributed by atoms with Crippen LogP contribution in [0, 0.1) is 18.3 Å². The second-order valence-electron chi connectivity index (χ2n) is 8.17. The van der Waals surface area contributed by atoms with Crippen molar-refractivity contribution in [2.24, 2.45) is 0 Å². The molecule has 5 rings (SSSR count). The number of aliphatic hydroxyl groups excluding tert-OH is 1. The lowest BCUT2D eigenvalue weighted by Crippen LogP contribution is -2.31. The van der Waals surface area contributed by atoms with Gasteiger partial charge in [-0.1, -0.05) is 36.4 Å². The highest BCUT2D eigenvalue weighted by Gasteiger charge is 2.45. The molecule has 1 aromatic heterocycles. The highest BCUT2D eigenvalue weighted by molar-refractivity contribution is 6.20. The predicted molar refractivity (Wildman–Crippen MR) is 129 cm³/mol. The molecule has 35 heavy (non-hydrogen) atoms. The number of ketones is 1. The zero-order valence-corrected chi connectivity index (χ0v) is 19.0. The highest BCUT2D eigenvalue weighted by atomic mass is 16.5. The van der Waals surface area contributed by atoms with Gasteiger partial charge in [-0.3, -0.25) is 14.5 Å². The molecule has 0 radical (unpaired) electrons. The van der Waals surface area contributed by atoms with E-state index < -0.39 is 23.5 Å². The number of fused-ring (bicyclic) bond motifs is 1. The van der Waals surface area contributed by atoms with Gasteiger partial charge in [-0.2, -0.15) is 5.26 Å². The van der Waals surface area contributed by atoms with E-state index in [0.29, 0.717) is 33.5 Å². The van der Waals surface area contributed by atoms with Gasteiger partial charge in [0.05, 0.1) is 30.4 Å². The van der Waals surface area contributed by atoms with E-state index in [1.165, 1.54) is 12.0 Å². The molecule has 1 aliphatic heterocycles. The lowest BCUT2D eigenvalue weighted by atomic mass is 9.92. The summed E-state index contributed by atoms with van der Waals surface area (Å²) in [5.41, 5.74) is 2.73. The number of rotatable bonds is 5. The first-order valence-corrected chi connectivity index (χ1v) is 10.9. The van der Waals surface area contributed by atoms with Crippen molar-refractivity contribution in [2.45, 2.75) is 13.0 Å². The van der Waals surface area contributed by atoms with Crippen molar-refractivity contribution in [2.75, 3.05) is 12.0 Å². The monoisotopic (exact) mass is 464 g/mol. The molecule has 0 spiro atoms. The number of nitriles is 1. The van der Waals surface area contributed by atoms with Gasteiger partial charge < -0.3 is 14.3 Å². The maximum Gasteiger partial charge on any atom is 0.294 e. The van der Waals surface area contributed by atoms with E-state index in [0.717, 1.165) is 5.56 Å². The Morgan fingerprint density at radius 3 is 2.51 bits per heavy atom. The highest BCUT2D eigenvalue weighted by Crippen LogP contribution is 2.43. The number of carbonyl (C=O) groups is 2. The number of ether oxygens (including phenoxy) is 1. The van der Waals surface area contributed by atoms with Gasteiger partial charge in [0.15, 0.2) is 22.9 Å². The Labute approximate surface area is 201 Å². The third-order valence-corrected chi connectivity index (χ3v) is 6.16. The maximum atomic E-state index is 13.8. The normalized spacial score (nSPS) is 15.5. The van der Waals surface area contributed by atoms with Gasteiger partial charge in [0.25, 0.3) is 5.91 Å². The molecule has 0 bridgehead atoms. The van der Waals surface area contributed by atoms with Crippen LogP contribution in [-0.4, -0.2) is 23.9 Å². The van der Waals surface area contributed by atoms with Gasteiger partial charge in [-0.05, 0) is 54.4 Å². The fraction of sp³-hybridized carbons (Fsp3) is 0.107. The van der Waals surface area contributed by atoms with E-state index in [1.807, 2.05) is 37.3 Å². The first-order valence-electron chi connectivity index (χ1n) is 10.9. The fourth-order valence-corrected chi connectivity index (χ4v) is 4.43. The fourth-order valence-electron chi connectivity index (χ4n) is 4.43. The standard InChI is InChI=1S/C28H20N2O5/c1-16-6-3-4-8-20(16)24-23(25(31)22-14-18-7-5-9-21(34-2)27(18)35-22)26(32)28(33)30(24)19-12-10-17(15-29)11-13-19/h3-14,24,32H,1-2H3. The minimum atomic E-state index is -0.890. The first kappa shape index (κ1) is 22.0. The topological polar surface area (TPSA) is 104 Å². The molecule has 2 heterocycles. The summed E-state index contributed by atoms with van der Waals surface area (Å²) in [6, 6.07) is 21.8. The second-order valence-corrected chi connectivity index (χ2v) is 8.17. The second kappa shape index (κ2) is 8.50. The lowest BCUT2D eigenvalue weighted by Gasteiger charge is -2.28. The van der Waals surface area contributed by atoms with Crippen molar-refractivity contribution in [3.63, 3.8) is 0 Å². The van der Waals surface area contributed by atoms with Gasteiger partial charge in [-0.15, -0.1) is 0 Å². The van der Waals surface area contributed by atoms with E-state index in [-0.39, 0.29) is 11.3 Å². The van der Waals surface area contributed by atoms with Crippen LogP contribution < -0.4 is 9.64 Å². The maximum absolute atomic E-state index is 13.8. The molecular weight excluding hydrogens is 444 g/mol. The molecule has 0 saturated heterocycles. The van der Waals surface area contributed by atoms with Crippen LogP contribution in [0.15, 0.2) is 88.5 Å². The molecule has 4 aromatic rings. The quantitative estimate of drug-likeness (QED) is 0.397. The smallest absolute Gasteiger partial charge is 0.294 e. The summed E-state index contributed by atoms with van der Waals surface area (Å²) in [4.78, 5) is 28.5. The van der Waals surface area contributed by atoms with Gasteiger partial charge in [0.1, 0.15) is 0 Å². The Kier molecular flexibility index (Phi) is 5.34. The Balaban J connectivity index is 1.67. The SMILES string of the molecule is COc1cccc2cc(C(=O)C3=C(O)C(=O)N(c4ccc(C#N)cc4)C3c3ccccc3C)oc12. The number of furan rings is 1. The van der Waals surface area contributed by atoms with Crippen LogP contribution in [0.3, 0.4) is 0 Å². The third kappa shape index (κ3) is 3.52. The molecule has 1 atom stereocenters. The Morgan fingerprint density at radius 1 is 1.09 bits per heavy atom. The van der Waals surface area contributed by atoms with Crippen molar-refractivity contribution in [1.82, 2.24) is 0 Å². The molecule has 1 N–H and O–H groups in total. The Bertz CT molecular complexity index is 1560. The molecule has 7 heteroatoms. The molecule has 7 nitrogen and oxygen atoms in total. The Morgan fingerprint density at radius 2 is 1.83 bits per heavy atom. The van der Waals surface area contributed by atoms with E-state index in [9.17, 15) is 14.7 Å². The zero-order valence-electron chi connectivity index (χ0n) is 19.0. The Hall–Kier alpha value is -4.83. The number of hydrogen-bond donors (Lipinski definition) is 1. The third-order valence-electron chi connectivity index (χ3n) is 6.16. The summed E-state index contributed by atoms with van der Waals surface area (Å²) in [7, 11) is 1.51. The number of hydrogen-bond acceptors (Lipinski definition) is 6. The van der Waals surface area contributed by atoms with Gasteiger partial charge >= 0.3 is 0 Å². The van der Waals surface area contributed by atoms with Crippen LogP contribution in [0.2, 0.25) is 0 Å². The summed E-state index contributed by atoms with van der Waals surface area (Å²) < 4.78 is 11.2. The number of carbonyl (C=O) groups excluding carboxylic acids is 2. The average Bonchev–Trinajstić information content (AvgIpc) is 3.43. The summed E-state index contributed by atoms with van der Waals surface area (Å²) in [6.45, 7) is 1.88. The van der Waals surface area contributed by atoms with Crippen molar-refractivity contribution < 1.29 is 23.8 Å². The number of methoxy groups -OCH3 is 1. The van der Waals surface area contributed by atoms with E-state index in [4.69, 9.17) is 14.4 Å². The predicted octanol–water partition coefficient (Wildman–Crippen LogP) is 5.40. The molecule has 0 aliphatic carbocycles.